The predicted octanol–water partition coefficient (Wildman–Crippen LogP) is 1.34. The third kappa shape index (κ3) is 2.55. The van der Waals surface area contributed by atoms with E-state index in [9.17, 15) is 4.79 Å². The van der Waals surface area contributed by atoms with Gasteiger partial charge in [-0.25, -0.2) is 4.68 Å². The van der Waals surface area contributed by atoms with Gasteiger partial charge >= 0.3 is 0 Å². The van der Waals surface area contributed by atoms with Gasteiger partial charge in [0.1, 0.15) is 12.4 Å². The molecule has 0 saturated heterocycles. The molecule has 5 nitrogen and oxygen atoms in total. The van der Waals surface area contributed by atoms with Crippen molar-refractivity contribution in [1.29, 1.82) is 0 Å². The summed E-state index contributed by atoms with van der Waals surface area (Å²) in [5.74, 6) is 0.619. The van der Waals surface area contributed by atoms with Crippen LogP contribution in [-0.4, -0.2) is 33.2 Å². The van der Waals surface area contributed by atoms with Crippen LogP contribution < -0.4 is 5.73 Å². The number of aryl methyl sites for hydroxylation is 1. The van der Waals surface area contributed by atoms with Gasteiger partial charge in [0.05, 0.1) is 11.7 Å². The number of nitrogen functional groups attached to an aromatic ring is 1. The van der Waals surface area contributed by atoms with Crippen molar-refractivity contribution in [2.24, 2.45) is 0 Å². The van der Waals surface area contributed by atoms with Crippen LogP contribution in [0.4, 0.5) is 5.82 Å². The van der Waals surface area contributed by atoms with Crippen LogP contribution in [0.5, 0.6) is 0 Å². The summed E-state index contributed by atoms with van der Waals surface area (Å²) >= 11 is 0. The summed E-state index contributed by atoms with van der Waals surface area (Å²) in [4.78, 5) is 14.1. The number of amides is 1. The first-order valence-corrected chi connectivity index (χ1v) is 6.38. The maximum atomic E-state index is 12.2. The van der Waals surface area contributed by atoms with E-state index in [4.69, 9.17) is 5.73 Å². The summed E-state index contributed by atoms with van der Waals surface area (Å²) in [6, 6.07) is 2.01. The number of rotatable bonds is 4. The van der Waals surface area contributed by atoms with Crippen molar-refractivity contribution >= 4 is 11.7 Å². The molecule has 0 bridgehead atoms. The number of nitrogens with zero attached hydrogens (tertiary/aromatic N) is 3. The zero-order valence-corrected chi connectivity index (χ0v) is 11.0. The second-order valence-electron chi connectivity index (χ2n) is 4.70. The van der Waals surface area contributed by atoms with Crippen LogP contribution in [-0.2, 0) is 11.3 Å². The molecule has 5 heteroatoms. The van der Waals surface area contributed by atoms with E-state index >= 15 is 0 Å². The molecule has 0 saturated carbocycles. The Balaban J connectivity index is 2.02. The fourth-order valence-electron chi connectivity index (χ4n) is 2.32. The lowest BCUT2D eigenvalue weighted by Gasteiger charge is -2.24. The minimum atomic E-state index is 0.0771. The van der Waals surface area contributed by atoms with Gasteiger partial charge in [-0.1, -0.05) is 25.5 Å². The number of hydrogen-bond acceptors (Lipinski definition) is 3. The second-order valence-corrected chi connectivity index (χ2v) is 4.70. The molecule has 1 aromatic heterocycles. The molecule has 18 heavy (non-hydrogen) atoms. The highest BCUT2D eigenvalue weighted by atomic mass is 16.2. The zero-order valence-electron chi connectivity index (χ0n) is 11.0. The van der Waals surface area contributed by atoms with Crippen LogP contribution in [0.1, 0.15) is 25.5 Å². The van der Waals surface area contributed by atoms with Gasteiger partial charge in [0.25, 0.3) is 0 Å². The number of nitrogens with two attached hydrogens (primary N) is 1. The monoisotopic (exact) mass is 248 g/mol. The topological polar surface area (TPSA) is 64.2 Å². The van der Waals surface area contributed by atoms with Gasteiger partial charge in [0.15, 0.2) is 0 Å². The van der Waals surface area contributed by atoms with E-state index in [0.717, 1.165) is 18.5 Å². The maximum absolute atomic E-state index is 12.2. The molecular weight excluding hydrogens is 228 g/mol. The average Bonchev–Trinajstić information content (AvgIpc) is 2.87. The summed E-state index contributed by atoms with van der Waals surface area (Å²) in [5.41, 5.74) is 6.63. The van der Waals surface area contributed by atoms with Crippen LogP contribution in [0.15, 0.2) is 18.2 Å². The summed E-state index contributed by atoms with van der Waals surface area (Å²) in [6.07, 6.45) is 6.24. The normalized spacial score (nSPS) is 18.6. The van der Waals surface area contributed by atoms with Crippen LogP contribution in [0.25, 0.3) is 0 Å². The molecule has 1 aliphatic heterocycles. The van der Waals surface area contributed by atoms with E-state index in [-0.39, 0.29) is 18.5 Å². The first-order valence-electron chi connectivity index (χ1n) is 6.38. The molecular formula is C13H20N4O. The zero-order chi connectivity index (χ0) is 13.1. The van der Waals surface area contributed by atoms with Crippen molar-refractivity contribution in [3.8, 4) is 0 Å². The third-order valence-electron chi connectivity index (χ3n) is 3.18. The molecule has 0 aliphatic carbocycles. The summed E-state index contributed by atoms with van der Waals surface area (Å²) in [6.45, 7) is 4.92. The lowest BCUT2D eigenvalue weighted by Crippen LogP contribution is -2.38. The molecule has 1 amide bonds. The standard InChI is InChI=1S/C13H20N4O/c1-3-5-11-6-4-7-16(11)13(18)9-17-12(14)8-10(2)15-17/h4,6,8,11H,3,5,7,9,14H2,1-2H3. The SMILES string of the molecule is CCCC1C=CCN1C(=O)Cn1nc(C)cc1N. The number of carbonyl (C=O) groups excluding carboxylic acids is 1. The highest BCUT2D eigenvalue weighted by Gasteiger charge is 2.24. The average molecular weight is 248 g/mol. The lowest BCUT2D eigenvalue weighted by molar-refractivity contribution is -0.132. The van der Waals surface area contributed by atoms with E-state index < -0.39 is 0 Å². The Morgan fingerprint density at radius 3 is 3.00 bits per heavy atom. The van der Waals surface area contributed by atoms with Crippen molar-refractivity contribution in [3.63, 3.8) is 0 Å². The van der Waals surface area contributed by atoms with Crippen molar-refractivity contribution in [2.45, 2.75) is 39.3 Å². The third-order valence-corrected chi connectivity index (χ3v) is 3.18. The molecule has 2 heterocycles. The van der Waals surface area contributed by atoms with Gasteiger partial charge in [-0.15, -0.1) is 0 Å². The Labute approximate surface area is 107 Å². The number of anilines is 1. The minimum Gasteiger partial charge on any atom is -0.384 e. The maximum Gasteiger partial charge on any atom is 0.245 e. The smallest absolute Gasteiger partial charge is 0.245 e. The molecule has 1 aliphatic rings. The summed E-state index contributed by atoms with van der Waals surface area (Å²) < 4.78 is 1.57. The number of hydrogen-bond donors (Lipinski definition) is 1. The van der Waals surface area contributed by atoms with E-state index in [1.807, 2.05) is 11.8 Å². The van der Waals surface area contributed by atoms with Crippen molar-refractivity contribution in [2.75, 3.05) is 12.3 Å². The van der Waals surface area contributed by atoms with Crippen LogP contribution >= 0.6 is 0 Å². The van der Waals surface area contributed by atoms with Crippen molar-refractivity contribution in [3.05, 3.63) is 23.9 Å². The molecule has 0 spiro atoms. The van der Waals surface area contributed by atoms with Gasteiger partial charge in [-0.2, -0.15) is 5.10 Å². The highest BCUT2D eigenvalue weighted by molar-refractivity contribution is 5.77. The summed E-state index contributed by atoms with van der Waals surface area (Å²) in [7, 11) is 0. The molecule has 0 fully saturated rings. The van der Waals surface area contributed by atoms with Crippen LogP contribution in [0, 0.1) is 6.92 Å². The van der Waals surface area contributed by atoms with Crippen molar-refractivity contribution < 1.29 is 4.79 Å². The van der Waals surface area contributed by atoms with E-state index in [2.05, 4.69) is 24.2 Å². The van der Waals surface area contributed by atoms with Gasteiger partial charge in [0.2, 0.25) is 5.91 Å². The Kier molecular flexibility index (Phi) is 3.69. The fraction of sp³-hybridized carbons (Fsp3) is 0.538. The molecule has 2 N–H and O–H groups in total. The predicted molar refractivity (Wildman–Crippen MR) is 70.9 cm³/mol. The first kappa shape index (κ1) is 12.7. The largest absolute Gasteiger partial charge is 0.384 e. The Morgan fingerprint density at radius 2 is 2.39 bits per heavy atom. The van der Waals surface area contributed by atoms with Gasteiger partial charge < -0.3 is 10.6 Å². The van der Waals surface area contributed by atoms with E-state index in [1.165, 1.54) is 0 Å². The molecule has 1 atom stereocenters. The van der Waals surface area contributed by atoms with Crippen molar-refractivity contribution in [1.82, 2.24) is 14.7 Å². The van der Waals surface area contributed by atoms with E-state index in [1.54, 1.807) is 10.7 Å². The summed E-state index contributed by atoms with van der Waals surface area (Å²) in [5, 5.41) is 4.22. The van der Waals surface area contributed by atoms with Crippen LogP contribution in [0.3, 0.4) is 0 Å². The molecule has 98 valence electrons. The van der Waals surface area contributed by atoms with Gasteiger partial charge in [0, 0.05) is 12.6 Å². The minimum absolute atomic E-state index is 0.0771. The molecule has 1 aromatic rings. The Morgan fingerprint density at radius 1 is 1.61 bits per heavy atom. The van der Waals surface area contributed by atoms with Gasteiger partial charge in [-0.3, -0.25) is 4.79 Å². The van der Waals surface area contributed by atoms with Gasteiger partial charge in [-0.05, 0) is 13.3 Å². The highest BCUT2D eigenvalue weighted by Crippen LogP contribution is 2.16. The molecule has 0 radical (unpaired) electrons. The fourth-order valence-corrected chi connectivity index (χ4v) is 2.32. The van der Waals surface area contributed by atoms with E-state index in [0.29, 0.717) is 12.4 Å². The number of carbonyl (C=O) groups is 1. The second kappa shape index (κ2) is 5.25. The Hall–Kier alpha value is -1.78. The lowest BCUT2D eigenvalue weighted by atomic mass is 10.1. The first-order chi connectivity index (χ1) is 8.61. The molecule has 1 unspecified atom stereocenters. The molecule has 0 aromatic carbocycles. The number of aromatic nitrogens is 2. The molecule has 2 rings (SSSR count). The Bertz CT molecular complexity index is 464. The quantitative estimate of drug-likeness (QED) is 0.818. The van der Waals surface area contributed by atoms with Crippen LogP contribution in [0.2, 0.25) is 0 Å².